The van der Waals surface area contributed by atoms with Gasteiger partial charge in [-0.15, -0.1) is 0 Å². The highest BCUT2D eigenvalue weighted by Crippen LogP contribution is 2.35. The Bertz CT molecular complexity index is 372. The van der Waals surface area contributed by atoms with Crippen LogP contribution in [0.1, 0.15) is 32.4 Å². The van der Waals surface area contributed by atoms with E-state index in [1.165, 1.54) is 6.07 Å². The van der Waals surface area contributed by atoms with Gasteiger partial charge in [-0.1, -0.05) is 32.4 Å². The summed E-state index contributed by atoms with van der Waals surface area (Å²) in [6.07, 6.45) is 0. The monoisotopic (exact) mass is 233 g/mol. The molecule has 0 saturated heterocycles. The molecule has 1 nitrogen and oxygen atoms in total. The molecule has 0 amide bonds. The summed E-state index contributed by atoms with van der Waals surface area (Å²) in [4.78, 5) is 0. The minimum atomic E-state index is -0.765. The van der Waals surface area contributed by atoms with Crippen LogP contribution in [0.4, 0.5) is 8.78 Å². The maximum atomic E-state index is 13.6. The highest BCUT2D eigenvalue weighted by Gasteiger charge is 2.28. The minimum Gasteiger partial charge on any atom is -0.323 e. The molecule has 0 aromatic heterocycles. The van der Waals surface area contributed by atoms with Crippen molar-refractivity contribution in [2.45, 2.75) is 26.8 Å². The van der Waals surface area contributed by atoms with Gasteiger partial charge in [-0.25, -0.2) is 8.78 Å². The van der Waals surface area contributed by atoms with Crippen molar-refractivity contribution in [3.8, 4) is 0 Å². The van der Waals surface area contributed by atoms with Crippen molar-refractivity contribution in [2.24, 2.45) is 11.1 Å². The number of benzene rings is 1. The van der Waals surface area contributed by atoms with Crippen molar-refractivity contribution >= 4 is 11.6 Å². The summed E-state index contributed by atoms with van der Waals surface area (Å²) >= 11 is 5.58. The maximum Gasteiger partial charge on any atom is 0.149 e. The van der Waals surface area contributed by atoms with Crippen molar-refractivity contribution in [3.05, 3.63) is 34.4 Å². The average Bonchev–Trinajstić information content (AvgIpc) is 2.10. The SMILES string of the molecule is CC(C)(C)[C@@H](N)c1c(F)ccc(Cl)c1F. The summed E-state index contributed by atoms with van der Waals surface area (Å²) in [6.45, 7) is 5.45. The summed E-state index contributed by atoms with van der Waals surface area (Å²) in [7, 11) is 0. The lowest BCUT2D eigenvalue weighted by Gasteiger charge is -2.28. The van der Waals surface area contributed by atoms with Crippen LogP contribution in [0.15, 0.2) is 12.1 Å². The molecule has 2 N–H and O–H groups in total. The lowest BCUT2D eigenvalue weighted by molar-refractivity contribution is 0.310. The molecular weight excluding hydrogens is 220 g/mol. The smallest absolute Gasteiger partial charge is 0.149 e. The molecule has 0 radical (unpaired) electrons. The van der Waals surface area contributed by atoms with Crippen LogP contribution in [0.5, 0.6) is 0 Å². The predicted octanol–water partition coefficient (Wildman–Crippen LogP) is 3.66. The van der Waals surface area contributed by atoms with Gasteiger partial charge in [-0.2, -0.15) is 0 Å². The normalized spacial score (nSPS) is 14.1. The van der Waals surface area contributed by atoms with E-state index in [1.807, 2.05) is 20.8 Å². The van der Waals surface area contributed by atoms with E-state index in [4.69, 9.17) is 17.3 Å². The molecule has 0 unspecified atom stereocenters. The minimum absolute atomic E-state index is 0.105. The summed E-state index contributed by atoms with van der Waals surface area (Å²) in [5, 5.41) is -0.105. The Hall–Kier alpha value is -0.670. The summed E-state index contributed by atoms with van der Waals surface area (Å²) in [5.41, 5.74) is 5.24. The largest absolute Gasteiger partial charge is 0.323 e. The molecule has 0 aliphatic carbocycles. The van der Waals surface area contributed by atoms with E-state index in [2.05, 4.69) is 0 Å². The lowest BCUT2D eigenvalue weighted by Crippen LogP contribution is -2.28. The number of rotatable bonds is 1. The van der Waals surface area contributed by atoms with Gasteiger partial charge in [0.05, 0.1) is 5.02 Å². The Morgan fingerprint density at radius 2 is 1.80 bits per heavy atom. The molecule has 1 aromatic rings. The quantitative estimate of drug-likeness (QED) is 0.736. The molecule has 1 aromatic carbocycles. The highest BCUT2D eigenvalue weighted by molar-refractivity contribution is 6.30. The molecule has 1 atom stereocenters. The molecule has 0 bridgehead atoms. The number of hydrogen-bond donors (Lipinski definition) is 1. The van der Waals surface area contributed by atoms with Crippen LogP contribution in [0.2, 0.25) is 5.02 Å². The first-order valence-electron chi connectivity index (χ1n) is 4.64. The molecule has 4 heteroatoms. The fourth-order valence-corrected chi connectivity index (χ4v) is 1.43. The Balaban J connectivity index is 3.31. The van der Waals surface area contributed by atoms with Crippen LogP contribution >= 0.6 is 11.6 Å². The van der Waals surface area contributed by atoms with Crippen molar-refractivity contribution in [1.82, 2.24) is 0 Å². The number of nitrogens with two attached hydrogens (primary N) is 1. The Morgan fingerprint density at radius 1 is 1.27 bits per heavy atom. The molecule has 15 heavy (non-hydrogen) atoms. The van der Waals surface area contributed by atoms with Gasteiger partial charge < -0.3 is 5.73 Å². The molecule has 0 saturated carbocycles. The van der Waals surface area contributed by atoms with Gasteiger partial charge >= 0.3 is 0 Å². The predicted molar refractivity (Wildman–Crippen MR) is 57.8 cm³/mol. The Kier molecular flexibility index (Phi) is 3.36. The molecular formula is C11H14ClF2N. The Morgan fingerprint density at radius 3 is 2.27 bits per heavy atom. The number of halogens is 3. The lowest BCUT2D eigenvalue weighted by atomic mass is 9.82. The van der Waals surface area contributed by atoms with Crippen LogP contribution < -0.4 is 5.73 Å². The molecule has 0 aliphatic heterocycles. The van der Waals surface area contributed by atoms with Crippen LogP contribution in [0.3, 0.4) is 0 Å². The third-order valence-corrected chi connectivity index (χ3v) is 2.62. The van der Waals surface area contributed by atoms with Crippen molar-refractivity contribution in [2.75, 3.05) is 0 Å². The zero-order valence-electron chi connectivity index (χ0n) is 8.94. The van der Waals surface area contributed by atoms with E-state index in [-0.39, 0.29) is 10.6 Å². The van der Waals surface area contributed by atoms with Gasteiger partial charge in [0.2, 0.25) is 0 Å². The van der Waals surface area contributed by atoms with Crippen LogP contribution in [-0.2, 0) is 0 Å². The second-order valence-electron chi connectivity index (χ2n) is 4.60. The van der Waals surface area contributed by atoms with Gasteiger partial charge in [0.25, 0.3) is 0 Å². The highest BCUT2D eigenvalue weighted by atomic mass is 35.5. The van der Waals surface area contributed by atoms with E-state index in [1.54, 1.807) is 0 Å². The molecule has 0 fully saturated rings. The second kappa shape index (κ2) is 4.06. The first kappa shape index (κ1) is 12.4. The van der Waals surface area contributed by atoms with Gasteiger partial charge in [0.15, 0.2) is 0 Å². The van der Waals surface area contributed by atoms with E-state index in [9.17, 15) is 8.78 Å². The third-order valence-electron chi connectivity index (χ3n) is 2.32. The molecule has 0 heterocycles. The van der Waals surface area contributed by atoms with Crippen LogP contribution in [0, 0.1) is 17.0 Å². The second-order valence-corrected chi connectivity index (χ2v) is 5.01. The van der Waals surface area contributed by atoms with Gasteiger partial charge in [-0.3, -0.25) is 0 Å². The summed E-state index contributed by atoms with van der Waals surface area (Å²) < 4.78 is 27.0. The molecule has 0 aliphatic rings. The topological polar surface area (TPSA) is 26.0 Å². The molecule has 1 rings (SSSR count). The van der Waals surface area contributed by atoms with Crippen LogP contribution in [0.25, 0.3) is 0 Å². The number of hydrogen-bond acceptors (Lipinski definition) is 1. The fraction of sp³-hybridized carbons (Fsp3) is 0.455. The van der Waals surface area contributed by atoms with Gasteiger partial charge in [0, 0.05) is 11.6 Å². The van der Waals surface area contributed by atoms with E-state index < -0.39 is 23.1 Å². The van der Waals surface area contributed by atoms with Crippen LogP contribution in [-0.4, -0.2) is 0 Å². The van der Waals surface area contributed by atoms with E-state index in [0.29, 0.717) is 0 Å². The maximum absolute atomic E-state index is 13.6. The van der Waals surface area contributed by atoms with E-state index >= 15 is 0 Å². The van der Waals surface area contributed by atoms with Gasteiger partial charge in [0.1, 0.15) is 11.6 Å². The van der Waals surface area contributed by atoms with E-state index in [0.717, 1.165) is 6.07 Å². The zero-order valence-corrected chi connectivity index (χ0v) is 9.70. The zero-order chi connectivity index (χ0) is 11.8. The van der Waals surface area contributed by atoms with Crippen molar-refractivity contribution in [3.63, 3.8) is 0 Å². The Labute approximate surface area is 93.2 Å². The summed E-state index contributed by atoms with van der Waals surface area (Å²) in [6, 6.07) is 1.59. The molecule has 0 spiro atoms. The first-order chi connectivity index (χ1) is 6.75. The fourth-order valence-electron chi connectivity index (χ4n) is 1.26. The van der Waals surface area contributed by atoms with Crippen molar-refractivity contribution < 1.29 is 8.78 Å². The van der Waals surface area contributed by atoms with Crippen molar-refractivity contribution in [1.29, 1.82) is 0 Å². The molecule has 84 valence electrons. The summed E-state index contributed by atoms with van der Waals surface area (Å²) in [5.74, 6) is -1.42. The van der Waals surface area contributed by atoms with Gasteiger partial charge in [-0.05, 0) is 17.5 Å². The third kappa shape index (κ3) is 2.47. The standard InChI is InChI=1S/C11H14ClF2N/c1-11(2,3)10(15)8-7(13)5-4-6(12)9(8)14/h4-5,10H,15H2,1-3H3/t10-/m0/s1. The first-order valence-corrected chi connectivity index (χ1v) is 5.02. The average molecular weight is 234 g/mol.